The average Bonchev–Trinajstić information content (AvgIpc) is 3.07. The van der Waals surface area contributed by atoms with Crippen LogP contribution in [-0.2, 0) is 11.8 Å². The van der Waals surface area contributed by atoms with Crippen LogP contribution in [0.25, 0.3) is 0 Å². The number of carbonyl (C=O) groups is 2. The van der Waals surface area contributed by atoms with Crippen LogP contribution in [0.2, 0.25) is 0 Å². The highest BCUT2D eigenvalue weighted by Gasteiger charge is 2.19. The highest BCUT2D eigenvalue weighted by Crippen LogP contribution is 2.20. The van der Waals surface area contributed by atoms with Crippen molar-refractivity contribution < 1.29 is 9.59 Å². The molecular weight excluding hydrogens is 454 g/mol. The fourth-order valence-corrected chi connectivity index (χ4v) is 3.77. The van der Waals surface area contributed by atoms with E-state index in [2.05, 4.69) is 36.8 Å². The van der Waals surface area contributed by atoms with E-state index in [0.29, 0.717) is 16.5 Å². The number of halogens is 1. The summed E-state index contributed by atoms with van der Waals surface area (Å²) < 4.78 is 2.68. The maximum atomic E-state index is 12.3. The third-order valence-corrected chi connectivity index (χ3v) is 5.59. The summed E-state index contributed by atoms with van der Waals surface area (Å²) in [4.78, 5) is 24.5. The number of rotatable bonds is 7. The largest absolute Gasteiger partial charge is 0.342 e. The molecule has 9 heteroatoms. The highest BCUT2D eigenvalue weighted by molar-refractivity contribution is 9.10. The Hall–Kier alpha value is -2.65. The van der Waals surface area contributed by atoms with E-state index in [1.54, 1.807) is 16.7 Å². The molecule has 0 aliphatic heterocycles. The van der Waals surface area contributed by atoms with Crippen molar-refractivity contribution in [2.75, 3.05) is 11.1 Å². The van der Waals surface area contributed by atoms with Crippen molar-refractivity contribution in [2.24, 2.45) is 7.05 Å². The number of hydrogen-bond donors (Lipinski definition) is 2. The van der Waals surface area contributed by atoms with Crippen molar-refractivity contribution in [1.82, 2.24) is 20.1 Å². The van der Waals surface area contributed by atoms with Gasteiger partial charge >= 0.3 is 0 Å². The molecule has 2 N–H and O–H groups in total. The molecule has 0 aliphatic rings. The molecule has 0 fully saturated rings. The van der Waals surface area contributed by atoms with Crippen molar-refractivity contribution in [3.8, 4) is 0 Å². The van der Waals surface area contributed by atoms with Gasteiger partial charge in [-0.05, 0) is 37.3 Å². The lowest BCUT2D eigenvalue weighted by atomic mass is 10.2. The second kappa shape index (κ2) is 9.71. The Kier molecular flexibility index (Phi) is 7.05. The normalized spacial score (nSPS) is 11.7. The summed E-state index contributed by atoms with van der Waals surface area (Å²) in [5.41, 5.74) is 1.31. The molecule has 1 heterocycles. The van der Waals surface area contributed by atoms with Crippen molar-refractivity contribution in [3.05, 3.63) is 70.5 Å². The number of carbonyl (C=O) groups excluding carboxylic acids is 2. The fourth-order valence-electron chi connectivity index (χ4n) is 2.66. The van der Waals surface area contributed by atoms with Crippen molar-refractivity contribution >= 4 is 45.2 Å². The zero-order chi connectivity index (χ0) is 20.8. The van der Waals surface area contributed by atoms with Gasteiger partial charge in [0.25, 0.3) is 5.91 Å². The predicted octanol–water partition coefficient (Wildman–Crippen LogP) is 3.80. The van der Waals surface area contributed by atoms with Crippen LogP contribution in [0, 0.1) is 0 Å². The minimum Gasteiger partial charge on any atom is -0.342 e. The zero-order valence-corrected chi connectivity index (χ0v) is 18.3. The molecule has 1 aromatic heterocycles. The van der Waals surface area contributed by atoms with Gasteiger partial charge in [-0.25, -0.2) is 0 Å². The average molecular weight is 474 g/mol. The van der Waals surface area contributed by atoms with Crippen LogP contribution in [0.3, 0.4) is 0 Å². The molecule has 2 amide bonds. The van der Waals surface area contributed by atoms with Crippen LogP contribution in [0.1, 0.15) is 29.1 Å². The monoisotopic (exact) mass is 473 g/mol. The second-order valence-corrected chi connectivity index (χ2v) is 8.17. The Bertz CT molecular complexity index is 1010. The number of thioether (sulfide) groups is 1. The van der Waals surface area contributed by atoms with Crippen LogP contribution in [-0.4, -0.2) is 32.3 Å². The second-order valence-electron chi connectivity index (χ2n) is 6.31. The Morgan fingerprint density at radius 1 is 1.14 bits per heavy atom. The van der Waals surface area contributed by atoms with Crippen LogP contribution in [0.15, 0.2) is 64.2 Å². The quantitative estimate of drug-likeness (QED) is 0.509. The maximum absolute atomic E-state index is 12.3. The van der Waals surface area contributed by atoms with Gasteiger partial charge in [-0.15, -0.1) is 10.2 Å². The molecule has 0 radical (unpaired) electrons. The van der Waals surface area contributed by atoms with E-state index in [1.165, 1.54) is 11.8 Å². The van der Waals surface area contributed by atoms with Crippen LogP contribution < -0.4 is 10.6 Å². The molecule has 29 heavy (non-hydrogen) atoms. The summed E-state index contributed by atoms with van der Waals surface area (Å²) in [5, 5.41) is 14.7. The van der Waals surface area contributed by atoms with Gasteiger partial charge in [0.1, 0.15) is 0 Å². The summed E-state index contributed by atoms with van der Waals surface area (Å²) in [6.07, 6.45) is 0. The van der Waals surface area contributed by atoms with E-state index in [1.807, 2.05) is 56.4 Å². The van der Waals surface area contributed by atoms with E-state index in [0.717, 1.165) is 10.2 Å². The number of amides is 2. The Morgan fingerprint density at radius 3 is 2.62 bits per heavy atom. The van der Waals surface area contributed by atoms with Crippen molar-refractivity contribution in [2.45, 2.75) is 18.1 Å². The first kappa shape index (κ1) is 21.1. The van der Waals surface area contributed by atoms with Crippen LogP contribution >= 0.6 is 27.7 Å². The Morgan fingerprint density at radius 2 is 1.90 bits per heavy atom. The summed E-state index contributed by atoms with van der Waals surface area (Å²) >= 11 is 4.66. The smallest absolute Gasteiger partial charge is 0.251 e. The van der Waals surface area contributed by atoms with Crippen LogP contribution in [0.4, 0.5) is 5.69 Å². The first-order chi connectivity index (χ1) is 13.9. The van der Waals surface area contributed by atoms with Gasteiger partial charge in [0.05, 0.1) is 11.8 Å². The number of nitrogens with one attached hydrogen (secondary N) is 2. The number of hydrogen-bond acceptors (Lipinski definition) is 5. The lowest BCUT2D eigenvalue weighted by Crippen LogP contribution is -2.28. The third kappa shape index (κ3) is 5.68. The summed E-state index contributed by atoms with van der Waals surface area (Å²) in [5.74, 6) is 0.499. The van der Waals surface area contributed by atoms with E-state index in [-0.39, 0.29) is 23.6 Å². The molecule has 0 bridgehead atoms. The number of nitrogens with zero attached hydrogens (tertiary/aromatic N) is 3. The first-order valence-corrected chi connectivity index (χ1v) is 10.7. The van der Waals surface area contributed by atoms with E-state index < -0.39 is 0 Å². The molecule has 0 saturated heterocycles. The molecule has 2 aromatic carbocycles. The molecule has 0 spiro atoms. The van der Waals surface area contributed by atoms with Gasteiger partial charge in [0.2, 0.25) is 5.91 Å². The third-order valence-electron chi connectivity index (χ3n) is 4.08. The molecule has 3 rings (SSSR count). The van der Waals surface area contributed by atoms with Gasteiger partial charge in [0, 0.05) is 22.8 Å². The van der Waals surface area contributed by atoms with E-state index >= 15 is 0 Å². The van der Waals surface area contributed by atoms with E-state index in [9.17, 15) is 9.59 Å². The lowest BCUT2D eigenvalue weighted by molar-refractivity contribution is -0.113. The molecule has 0 aliphatic carbocycles. The SMILES string of the molecule is C[C@H](NC(=O)c1ccccc1)c1nnc(SCC(=O)Nc2cccc(Br)c2)n1C. The van der Waals surface area contributed by atoms with Crippen molar-refractivity contribution in [3.63, 3.8) is 0 Å². The summed E-state index contributed by atoms with van der Waals surface area (Å²) in [6, 6.07) is 16.1. The fraction of sp³-hybridized carbons (Fsp3) is 0.200. The van der Waals surface area contributed by atoms with Gasteiger partial charge in [-0.1, -0.05) is 52.0 Å². The molecule has 0 unspecified atom stereocenters. The number of aromatic nitrogens is 3. The maximum Gasteiger partial charge on any atom is 0.251 e. The van der Waals surface area contributed by atoms with Crippen LogP contribution in [0.5, 0.6) is 0 Å². The van der Waals surface area contributed by atoms with Gasteiger partial charge in [-0.3, -0.25) is 9.59 Å². The Balaban J connectivity index is 1.57. The summed E-state index contributed by atoms with van der Waals surface area (Å²) in [7, 11) is 1.81. The van der Waals surface area contributed by atoms with Gasteiger partial charge in [-0.2, -0.15) is 0 Å². The molecular formula is C20H20BrN5O2S. The molecule has 3 aromatic rings. The molecule has 7 nitrogen and oxygen atoms in total. The van der Waals surface area contributed by atoms with E-state index in [4.69, 9.17) is 0 Å². The van der Waals surface area contributed by atoms with Gasteiger partial charge < -0.3 is 15.2 Å². The minimum absolute atomic E-state index is 0.136. The topological polar surface area (TPSA) is 88.9 Å². The number of anilines is 1. The van der Waals surface area contributed by atoms with Crippen molar-refractivity contribution in [1.29, 1.82) is 0 Å². The molecule has 150 valence electrons. The summed E-state index contributed by atoms with van der Waals surface area (Å²) in [6.45, 7) is 1.85. The minimum atomic E-state index is -0.329. The van der Waals surface area contributed by atoms with Gasteiger partial charge in [0.15, 0.2) is 11.0 Å². The Labute approximate surface area is 181 Å². The number of benzene rings is 2. The standard InChI is InChI=1S/C20H20BrN5O2S/c1-13(22-19(28)14-7-4-3-5-8-14)18-24-25-20(26(18)2)29-12-17(27)23-16-10-6-9-15(21)11-16/h3-11,13H,12H2,1-2H3,(H,22,28)(H,23,27)/t13-/m0/s1. The lowest BCUT2D eigenvalue weighted by Gasteiger charge is -2.13. The molecule has 0 saturated carbocycles. The highest BCUT2D eigenvalue weighted by atomic mass is 79.9. The first-order valence-electron chi connectivity index (χ1n) is 8.87. The zero-order valence-electron chi connectivity index (χ0n) is 15.9. The molecule has 1 atom stereocenters. The predicted molar refractivity (Wildman–Crippen MR) is 117 cm³/mol.